The zero-order chi connectivity index (χ0) is 17.2. The molecule has 0 aliphatic carbocycles. The van der Waals surface area contributed by atoms with Crippen molar-refractivity contribution in [1.82, 2.24) is 9.91 Å². The first-order chi connectivity index (χ1) is 11.4. The minimum absolute atomic E-state index is 0.00475. The molecule has 130 valence electrons. The number of carboxylic acids is 1. The summed E-state index contributed by atoms with van der Waals surface area (Å²) in [5, 5.41) is 25.1. The van der Waals surface area contributed by atoms with Crippen LogP contribution in [0.4, 0.5) is 0 Å². The summed E-state index contributed by atoms with van der Waals surface area (Å²) >= 11 is 1.54. The molecule has 0 aromatic heterocycles. The molecule has 2 fully saturated rings. The average molecular weight is 352 g/mol. The summed E-state index contributed by atoms with van der Waals surface area (Å²) < 4.78 is 0. The number of nitrogens with one attached hydrogen (secondary N) is 1. The van der Waals surface area contributed by atoms with Crippen molar-refractivity contribution in [2.45, 2.75) is 31.2 Å². The first kappa shape index (κ1) is 15.9. The largest absolute Gasteiger partial charge is 0.543 e. The van der Waals surface area contributed by atoms with Crippen molar-refractivity contribution >= 4 is 30.0 Å². The number of amides is 1. The number of carbonyl (C=O) groups is 2. The number of hydrogen-bond acceptors (Lipinski definition) is 7. The molecule has 6 unspecified atom stereocenters. The first-order valence-electron chi connectivity index (χ1n) is 8.14. The van der Waals surface area contributed by atoms with Gasteiger partial charge in [-0.15, -0.1) is 11.8 Å². The second-order valence-electron chi connectivity index (χ2n) is 6.87. The smallest absolute Gasteiger partial charge is 0.235 e. The van der Waals surface area contributed by atoms with Gasteiger partial charge in [0.25, 0.3) is 0 Å². The third-order valence-corrected chi connectivity index (χ3v) is 6.83. The van der Waals surface area contributed by atoms with E-state index in [4.69, 9.17) is 0 Å². The molecule has 0 saturated carbocycles. The van der Waals surface area contributed by atoms with Crippen molar-refractivity contribution in [3.63, 3.8) is 0 Å². The van der Waals surface area contributed by atoms with Crippen LogP contribution in [-0.4, -0.2) is 70.4 Å². The summed E-state index contributed by atoms with van der Waals surface area (Å²) in [6.07, 6.45) is 1.06. The van der Waals surface area contributed by atoms with Crippen LogP contribution < -0.4 is 10.1 Å². The molecule has 4 aliphatic heterocycles. The Morgan fingerprint density at radius 1 is 1.58 bits per heavy atom. The maximum atomic E-state index is 12.3. The molecule has 4 rings (SSSR count). The quantitative estimate of drug-likeness (QED) is 0.524. The number of hydrogen-bond donors (Lipinski definition) is 2. The predicted molar refractivity (Wildman–Crippen MR) is 84.3 cm³/mol. The van der Waals surface area contributed by atoms with Crippen LogP contribution in [0.15, 0.2) is 15.6 Å². The molecule has 4 heterocycles. The Bertz CT molecular complexity index is 664. The molecule has 1 amide bonds. The van der Waals surface area contributed by atoms with Crippen molar-refractivity contribution in [2.75, 3.05) is 19.8 Å². The van der Waals surface area contributed by atoms with Gasteiger partial charge in [-0.2, -0.15) is 0 Å². The summed E-state index contributed by atoms with van der Waals surface area (Å²) in [5.41, 5.74) is 0.00475. The molecule has 0 aromatic rings. The molecular formula is C15H20N4O4S. The summed E-state index contributed by atoms with van der Waals surface area (Å²) in [6, 6.07) is -0.275. The van der Waals surface area contributed by atoms with Gasteiger partial charge in [-0.1, -0.05) is 6.92 Å². The Labute approximate surface area is 143 Å². The number of quaternary nitrogens is 1. The highest BCUT2D eigenvalue weighted by Gasteiger charge is 2.59. The van der Waals surface area contributed by atoms with E-state index in [2.05, 4.69) is 10.0 Å². The number of thioether (sulfide) groups is 1. The van der Waals surface area contributed by atoms with E-state index in [0.29, 0.717) is 4.91 Å². The van der Waals surface area contributed by atoms with Crippen LogP contribution in [0.3, 0.4) is 0 Å². The molecule has 0 radical (unpaired) electrons. The standard InChI is InChI=1S/C15H20N4O4S/c1-7-11-10(8(2)20)14(21)19(11)12(15(22)23)13(7)24-9-3-17-5-16-6-18(17)4-9/h5,7-11,20H,3-4,6H2,1-2H3,(H,22,23). The van der Waals surface area contributed by atoms with E-state index in [9.17, 15) is 19.8 Å². The second-order valence-corrected chi connectivity index (χ2v) is 8.22. The van der Waals surface area contributed by atoms with E-state index in [1.165, 1.54) is 21.7 Å². The van der Waals surface area contributed by atoms with E-state index in [1.54, 1.807) is 6.92 Å². The summed E-state index contributed by atoms with van der Waals surface area (Å²) in [7, 11) is 0. The van der Waals surface area contributed by atoms with Gasteiger partial charge in [0, 0.05) is 10.8 Å². The fourth-order valence-electron chi connectivity index (χ4n) is 4.25. The number of carboxylic acid groups (broad SMARTS) is 1. The average Bonchev–Trinajstić information content (AvgIpc) is 3.12. The highest BCUT2D eigenvalue weighted by Crippen LogP contribution is 2.51. The van der Waals surface area contributed by atoms with E-state index < -0.39 is 18.0 Å². The molecule has 2 N–H and O–H groups in total. The minimum atomic E-state index is -1.31. The van der Waals surface area contributed by atoms with Gasteiger partial charge in [-0.05, 0) is 6.92 Å². The van der Waals surface area contributed by atoms with Crippen molar-refractivity contribution in [3.05, 3.63) is 10.6 Å². The van der Waals surface area contributed by atoms with Gasteiger partial charge in [0.15, 0.2) is 6.67 Å². The monoisotopic (exact) mass is 352 g/mol. The van der Waals surface area contributed by atoms with Crippen LogP contribution in [0.1, 0.15) is 13.8 Å². The van der Waals surface area contributed by atoms with Gasteiger partial charge in [-0.25, -0.2) is 15.0 Å². The maximum absolute atomic E-state index is 12.3. The van der Waals surface area contributed by atoms with Crippen molar-refractivity contribution in [2.24, 2.45) is 16.8 Å². The predicted octanol–water partition coefficient (Wildman–Crippen LogP) is -2.98. The van der Waals surface area contributed by atoms with Crippen molar-refractivity contribution in [1.29, 1.82) is 0 Å². The highest BCUT2D eigenvalue weighted by atomic mass is 32.2. The lowest BCUT2D eigenvalue weighted by Crippen LogP contribution is -3.14. The molecule has 2 saturated heterocycles. The van der Waals surface area contributed by atoms with E-state index in [0.717, 1.165) is 19.8 Å². The number of carbonyl (C=O) groups excluding carboxylic acids is 2. The molecular weight excluding hydrogens is 332 g/mol. The van der Waals surface area contributed by atoms with Crippen LogP contribution in [0.2, 0.25) is 0 Å². The zero-order valence-electron chi connectivity index (χ0n) is 13.5. The Balaban J connectivity index is 1.58. The molecule has 8 nitrogen and oxygen atoms in total. The SMILES string of the molecule is CC(O)C1C(=O)N2C(C(=O)[O-])=C(SC3CN4C=NC[NH+]4C3)C(C)C12. The minimum Gasteiger partial charge on any atom is -0.543 e. The summed E-state index contributed by atoms with van der Waals surface area (Å²) in [6.45, 7) is 5.91. The second kappa shape index (κ2) is 5.47. The van der Waals surface area contributed by atoms with Crippen LogP contribution in [-0.2, 0) is 9.59 Å². The van der Waals surface area contributed by atoms with Crippen LogP contribution >= 0.6 is 11.8 Å². The van der Waals surface area contributed by atoms with E-state index in [-0.39, 0.29) is 28.8 Å². The molecule has 6 atom stereocenters. The zero-order valence-corrected chi connectivity index (χ0v) is 14.3. The fourth-order valence-corrected chi connectivity index (χ4v) is 5.77. The van der Waals surface area contributed by atoms with Gasteiger partial charge in [0.05, 0.1) is 41.5 Å². The number of fused-ring (bicyclic) bond motifs is 2. The molecule has 0 aromatic carbocycles. The number of aliphatic hydroxyl groups excluding tert-OH is 1. The van der Waals surface area contributed by atoms with Crippen LogP contribution in [0.25, 0.3) is 0 Å². The molecule has 24 heavy (non-hydrogen) atoms. The van der Waals surface area contributed by atoms with Crippen molar-refractivity contribution < 1.29 is 24.8 Å². The summed E-state index contributed by atoms with van der Waals surface area (Å²) in [5.74, 6) is -2.25. The lowest BCUT2D eigenvalue weighted by atomic mass is 9.79. The molecule has 0 bridgehead atoms. The number of aliphatic carboxylic acids is 1. The van der Waals surface area contributed by atoms with Crippen molar-refractivity contribution in [3.8, 4) is 0 Å². The number of nitrogens with zero attached hydrogens (tertiary/aromatic N) is 3. The number of aliphatic hydroxyl groups is 1. The molecule has 4 aliphatic rings. The Morgan fingerprint density at radius 2 is 2.33 bits per heavy atom. The molecule has 0 spiro atoms. The maximum Gasteiger partial charge on any atom is 0.235 e. The van der Waals surface area contributed by atoms with Gasteiger partial charge in [0.2, 0.25) is 5.91 Å². The van der Waals surface area contributed by atoms with Gasteiger partial charge in [-0.3, -0.25) is 4.79 Å². The van der Waals surface area contributed by atoms with Crippen LogP contribution in [0.5, 0.6) is 0 Å². The topological polar surface area (TPSA) is 101 Å². The van der Waals surface area contributed by atoms with Gasteiger partial charge >= 0.3 is 0 Å². The fraction of sp³-hybridized carbons (Fsp3) is 0.667. The Kier molecular flexibility index (Phi) is 3.63. The first-order valence-corrected chi connectivity index (χ1v) is 9.02. The summed E-state index contributed by atoms with van der Waals surface area (Å²) in [4.78, 5) is 30.2. The van der Waals surface area contributed by atoms with Gasteiger partial charge < -0.3 is 19.9 Å². The number of aliphatic imine (C=N–C) groups is 1. The number of rotatable bonds is 4. The third-order valence-electron chi connectivity index (χ3n) is 5.36. The normalized spacial score (nSPS) is 38.5. The Hall–Kier alpha value is -1.58. The van der Waals surface area contributed by atoms with E-state index >= 15 is 0 Å². The lowest BCUT2D eigenvalue weighted by molar-refractivity contribution is -0.979. The Morgan fingerprint density at radius 3 is 2.96 bits per heavy atom. The highest BCUT2D eigenvalue weighted by molar-refractivity contribution is 8.03. The molecule has 9 heteroatoms. The third kappa shape index (κ3) is 2.11. The van der Waals surface area contributed by atoms with Crippen LogP contribution in [0, 0.1) is 11.8 Å². The number of β-lactam (4-membered cyclic amide) rings is 1. The van der Waals surface area contributed by atoms with E-state index in [1.807, 2.05) is 13.3 Å². The lowest BCUT2D eigenvalue weighted by Gasteiger charge is -2.47. The van der Waals surface area contributed by atoms with Gasteiger partial charge in [0.1, 0.15) is 12.9 Å².